The lowest BCUT2D eigenvalue weighted by molar-refractivity contribution is -0.365. The number of fused-ring (bicyclic) bond motifs is 4. The van der Waals surface area contributed by atoms with Crippen molar-refractivity contribution < 1.29 is 28.5 Å². The molecule has 1 spiro atoms. The summed E-state index contributed by atoms with van der Waals surface area (Å²) in [6, 6.07) is 10.5. The van der Waals surface area contributed by atoms with E-state index >= 15 is 0 Å². The van der Waals surface area contributed by atoms with Gasteiger partial charge in [0.05, 0.1) is 24.9 Å². The number of carbonyl (C=O) groups excluding carboxylic acids is 1. The molecule has 5 heterocycles. The number of carbonyl (C=O) groups is 1. The molecule has 5 saturated heterocycles. The monoisotopic (exact) mass is 627 g/mol. The predicted octanol–water partition coefficient (Wildman–Crippen LogP) is 8.03. The second-order valence-corrected chi connectivity index (χ2v) is 15.9. The molecule has 0 aliphatic carbocycles. The molecule has 0 N–H and O–H groups in total. The van der Waals surface area contributed by atoms with Crippen LogP contribution >= 0.6 is 11.8 Å². The van der Waals surface area contributed by atoms with Gasteiger partial charge in [-0.1, -0.05) is 78.1 Å². The van der Waals surface area contributed by atoms with Gasteiger partial charge in [-0.15, -0.1) is 0 Å². The Balaban J connectivity index is 1.20. The third-order valence-electron chi connectivity index (χ3n) is 10.6. The van der Waals surface area contributed by atoms with Gasteiger partial charge >= 0.3 is 6.09 Å². The molecule has 5 aliphatic heterocycles. The van der Waals surface area contributed by atoms with Gasteiger partial charge in [-0.05, 0) is 67.1 Å². The number of amides is 1. The zero-order valence-electron chi connectivity index (χ0n) is 27.5. The van der Waals surface area contributed by atoms with E-state index in [9.17, 15) is 4.79 Å². The van der Waals surface area contributed by atoms with E-state index in [-0.39, 0.29) is 41.9 Å². The maximum atomic E-state index is 13.4. The summed E-state index contributed by atoms with van der Waals surface area (Å²) >= 11 is 1.81. The van der Waals surface area contributed by atoms with E-state index in [1.807, 2.05) is 11.8 Å². The van der Waals surface area contributed by atoms with Crippen molar-refractivity contribution in [3.05, 3.63) is 42.5 Å². The summed E-state index contributed by atoms with van der Waals surface area (Å²) in [4.78, 5) is 16.5. The van der Waals surface area contributed by atoms with Gasteiger partial charge < -0.3 is 23.7 Å². The average Bonchev–Trinajstić information content (AvgIpc) is 3.35. The average molecular weight is 628 g/mol. The molecule has 1 unspecified atom stereocenters. The second-order valence-electron chi connectivity index (χ2n) is 14.7. The van der Waals surface area contributed by atoms with Crippen molar-refractivity contribution >= 4 is 17.9 Å². The van der Waals surface area contributed by atoms with Crippen LogP contribution in [0.4, 0.5) is 4.79 Å². The number of thioether (sulfide) groups is 1. The highest BCUT2D eigenvalue weighted by molar-refractivity contribution is 7.99. The summed E-state index contributed by atoms with van der Waals surface area (Å²) in [7, 11) is 0. The second kappa shape index (κ2) is 12.9. The van der Waals surface area contributed by atoms with Crippen LogP contribution in [0.1, 0.15) is 86.5 Å². The number of hydrogen-bond acceptors (Lipinski definition) is 7. The Labute approximate surface area is 268 Å². The molecule has 2 bridgehead atoms. The van der Waals surface area contributed by atoms with Gasteiger partial charge in [0.1, 0.15) is 11.5 Å². The van der Waals surface area contributed by atoms with E-state index in [0.717, 1.165) is 37.7 Å². The molecule has 8 heteroatoms. The molecule has 44 heavy (non-hydrogen) atoms. The first-order chi connectivity index (χ1) is 21.0. The maximum Gasteiger partial charge on any atom is 0.412 e. The predicted molar refractivity (Wildman–Crippen MR) is 172 cm³/mol. The zero-order chi connectivity index (χ0) is 31.2. The van der Waals surface area contributed by atoms with E-state index in [1.54, 1.807) is 11.8 Å². The first-order valence-corrected chi connectivity index (χ1v) is 17.9. The highest BCUT2D eigenvalue weighted by atomic mass is 32.2. The van der Waals surface area contributed by atoms with Crippen LogP contribution in [-0.2, 0) is 23.7 Å². The van der Waals surface area contributed by atoms with E-state index in [1.165, 1.54) is 4.90 Å². The normalized spacial score (nSPS) is 43.5. The molecular weight excluding hydrogens is 574 g/mol. The van der Waals surface area contributed by atoms with Gasteiger partial charge in [-0.3, -0.25) is 4.90 Å². The van der Waals surface area contributed by atoms with E-state index < -0.39 is 11.5 Å². The topological polar surface area (TPSA) is 66.5 Å². The zero-order valence-corrected chi connectivity index (χ0v) is 28.4. The minimum atomic E-state index is -0.761. The smallest absolute Gasteiger partial charge is 0.412 e. The van der Waals surface area contributed by atoms with Crippen LogP contribution in [-0.4, -0.2) is 65.5 Å². The fourth-order valence-electron chi connectivity index (χ4n) is 8.82. The Kier molecular flexibility index (Phi) is 9.49. The Morgan fingerprint density at radius 3 is 2.48 bits per heavy atom. The lowest BCUT2D eigenvalue weighted by Gasteiger charge is -2.52. The van der Waals surface area contributed by atoms with E-state index in [0.29, 0.717) is 49.7 Å². The first kappa shape index (κ1) is 32.4. The molecule has 244 valence electrons. The molecule has 1 amide bonds. The number of nitrogens with zero attached hydrogens (tertiary/aromatic N) is 1. The first-order valence-electron chi connectivity index (χ1n) is 17.0. The summed E-state index contributed by atoms with van der Waals surface area (Å²) in [5.74, 6) is 1.01. The van der Waals surface area contributed by atoms with Gasteiger partial charge in [0.15, 0.2) is 11.5 Å². The van der Waals surface area contributed by atoms with Crippen LogP contribution in [0, 0.1) is 29.6 Å². The van der Waals surface area contributed by atoms with Crippen molar-refractivity contribution in [3.8, 4) is 0 Å². The highest BCUT2D eigenvalue weighted by Gasteiger charge is 2.64. The van der Waals surface area contributed by atoms with Crippen molar-refractivity contribution in [2.24, 2.45) is 29.6 Å². The van der Waals surface area contributed by atoms with Gasteiger partial charge in [-0.2, -0.15) is 0 Å². The van der Waals surface area contributed by atoms with Crippen LogP contribution in [0.3, 0.4) is 0 Å². The fourth-order valence-corrected chi connectivity index (χ4v) is 9.92. The molecule has 1 aromatic carbocycles. The number of piperidine rings is 1. The summed E-state index contributed by atoms with van der Waals surface area (Å²) in [6.07, 6.45) is 5.06. The van der Waals surface area contributed by atoms with Gasteiger partial charge in [0.2, 0.25) is 0 Å². The molecule has 5 aliphatic rings. The fraction of sp³-hybridized carbons (Fsp3) is 0.750. The number of ether oxygens (including phenoxy) is 5. The van der Waals surface area contributed by atoms with Crippen molar-refractivity contribution in [3.63, 3.8) is 0 Å². The standard InChI is InChI=1S/C36H53NO6S/c1-8-14-39-34(38)37-21-23(3)15-27(7)36(37)20-30-32(43-36)29-16-22(2)18-35(41-29,42-30)19-26(6)31-24(4)17-25(5)33(40-31)44-28-12-10-9-11-13-28/h9-13,22-25,27,29-33H,6,8,14-21H2,1-5,7H3/t22?,23-,24+,25-,27+,29-,30-,31+,32-,33+,35+,36+/m1/s1. The van der Waals surface area contributed by atoms with E-state index in [4.69, 9.17) is 23.7 Å². The Morgan fingerprint density at radius 1 is 0.977 bits per heavy atom. The Morgan fingerprint density at radius 2 is 1.73 bits per heavy atom. The Bertz CT molecular complexity index is 1180. The summed E-state index contributed by atoms with van der Waals surface area (Å²) in [5.41, 5.74) is 0.376. The quantitative estimate of drug-likeness (QED) is 0.284. The van der Waals surface area contributed by atoms with Crippen LogP contribution in [0.15, 0.2) is 47.4 Å². The summed E-state index contributed by atoms with van der Waals surface area (Å²) < 4.78 is 33.4. The molecule has 0 saturated carbocycles. The minimum Gasteiger partial charge on any atom is -0.449 e. The van der Waals surface area contributed by atoms with Crippen molar-refractivity contribution in [1.82, 2.24) is 4.90 Å². The molecule has 6 rings (SSSR count). The summed E-state index contributed by atoms with van der Waals surface area (Å²) in [5, 5.41) is 0. The third-order valence-corrected chi connectivity index (χ3v) is 12.0. The van der Waals surface area contributed by atoms with Crippen LogP contribution in [0.25, 0.3) is 0 Å². The van der Waals surface area contributed by atoms with Crippen molar-refractivity contribution in [2.75, 3.05) is 13.2 Å². The molecule has 12 atom stereocenters. The van der Waals surface area contributed by atoms with Crippen LogP contribution in [0.5, 0.6) is 0 Å². The van der Waals surface area contributed by atoms with Crippen molar-refractivity contribution in [2.45, 2.75) is 133 Å². The molecular formula is C36H53NO6S. The molecule has 0 aromatic heterocycles. The van der Waals surface area contributed by atoms with Crippen LogP contribution in [0.2, 0.25) is 0 Å². The summed E-state index contributed by atoms with van der Waals surface area (Å²) in [6.45, 7) is 19.0. The lowest BCUT2D eigenvalue weighted by atomic mass is 9.78. The SMILES string of the molecule is C=C(C[C@@]12CC(C)C[C@@H](O1)[C@H]1O[C@@]3(C[C@H]1O2)[C@@H](C)C[C@@H](C)CN3C(=O)OCCC)[C@H]1O[C@@H](Sc2ccccc2)[C@H](C)C[C@@H]1C. The largest absolute Gasteiger partial charge is 0.449 e. The number of rotatable bonds is 7. The Hall–Kier alpha value is -1.58. The van der Waals surface area contributed by atoms with Gasteiger partial charge in [-0.25, -0.2) is 4.79 Å². The van der Waals surface area contributed by atoms with E-state index in [2.05, 4.69) is 71.5 Å². The molecule has 5 fully saturated rings. The van der Waals surface area contributed by atoms with Gasteiger partial charge in [0.25, 0.3) is 0 Å². The van der Waals surface area contributed by atoms with Gasteiger partial charge in [0, 0.05) is 36.6 Å². The number of benzene rings is 1. The lowest BCUT2D eigenvalue weighted by Crippen LogP contribution is -2.61. The molecule has 0 radical (unpaired) electrons. The number of hydrogen-bond donors (Lipinski definition) is 0. The maximum absolute atomic E-state index is 13.4. The third kappa shape index (κ3) is 6.23. The van der Waals surface area contributed by atoms with Crippen LogP contribution < -0.4 is 0 Å². The van der Waals surface area contributed by atoms with Crippen molar-refractivity contribution in [1.29, 1.82) is 0 Å². The molecule has 1 aromatic rings. The highest BCUT2D eigenvalue weighted by Crippen LogP contribution is 2.55. The number of likely N-dealkylation sites (tertiary alicyclic amines) is 1. The molecule has 7 nitrogen and oxygen atoms in total. The minimum absolute atomic E-state index is 0.0581.